The van der Waals surface area contributed by atoms with Crippen LogP contribution in [0.2, 0.25) is 0 Å². The molecule has 0 unspecified atom stereocenters. The highest BCUT2D eigenvalue weighted by molar-refractivity contribution is 5.90. The number of rotatable bonds is 1. The summed E-state index contributed by atoms with van der Waals surface area (Å²) in [6.45, 7) is 1.79. The summed E-state index contributed by atoms with van der Waals surface area (Å²) in [6.07, 6.45) is 2.86. The van der Waals surface area contributed by atoms with Crippen LogP contribution >= 0.6 is 0 Å². The fraction of sp³-hybridized carbons (Fsp3) is 0.167. The maximum Gasteiger partial charge on any atom is 0.268 e. The molecule has 0 aromatic carbocycles. The Balaban J connectivity index is 3.00. The van der Waals surface area contributed by atoms with Crippen LogP contribution in [0, 0.1) is 6.92 Å². The molecule has 0 aliphatic carbocycles. The maximum atomic E-state index is 10.4. The highest BCUT2D eigenvalue weighted by atomic mass is 16.1. The van der Waals surface area contributed by atoms with Gasteiger partial charge in [0.05, 0.1) is 11.9 Å². The Kier molecular flexibility index (Phi) is 1.62. The van der Waals surface area contributed by atoms with Gasteiger partial charge in [0, 0.05) is 6.20 Å². The molecule has 0 bridgehead atoms. The largest absolute Gasteiger partial charge is 0.364 e. The molecule has 0 saturated heterocycles. The molecule has 4 nitrogen and oxygen atoms in total. The summed E-state index contributed by atoms with van der Waals surface area (Å²) in [5.74, 6) is -0.549. The number of hydrogen-bond acceptors (Lipinski definition) is 3. The quantitative estimate of drug-likeness (QED) is 0.586. The predicted octanol–water partition coefficient (Wildman–Crippen LogP) is -0.116. The van der Waals surface area contributed by atoms with Crippen LogP contribution in [0.3, 0.4) is 0 Å². The second-order valence-corrected chi connectivity index (χ2v) is 1.91. The number of hydrogen-bond donors (Lipinski definition) is 1. The van der Waals surface area contributed by atoms with Crippen LogP contribution in [0.4, 0.5) is 0 Å². The summed E-state index contributed by atoms with van der Waals surface area (Å²) in [5, 5.41) is 0. The van der Waals surface area contributed by atoms with E-state index in [9.17, 15) is 4.79 Å². The Labute approximate surface area is 58.1 Å². The van der Waals surface area contributed by atoms with Gasteiger partial charge in [-0.05, 0) is 6.92 Å². The van der Waals surface area contributed by atoms with Crippen molar-refractivity contribution >= 4 is 5.91 Å². The number of aryl methyl sites for hydroxylation is 1. The summed E-state index contributed by atoms with van der Waals surface area (Å²) >= 11 is 0. The second-order valence-electron chi connectivity index (χ2n) is 1.91. The van der Waals surface area contributed by atoms with Crippen molar-refractivity contribution in [2.75, 3.05) is 0 Å². The number of primary amides is 1. The summed E-state index contributed by atoms with van der Waals surface area (Å²) in [7, 11) is 0. The van der Waals surface area contributed by atoms with Gasteiger partial charge in [-0.25, -0.2) is 4.98 Å². The summed E-state index contributed by atoms with van der Waals surface area (Å²) in [5.41, 5.74) is 5.89. The number of aromatic nitrogens is 2. The monoisotopic (exact) mass is 137 g/mol. The van der Waals surface area contributed by atoms with Gasteiger partial charge < -0.3 is 5.73 Å². The lowest BCUT2D eigenvalue weighted by Gasteiger charge is -1.92. The number of carbonyl (C=O) groups excluding carboxylic acids is 1. The zero-order valence-electron chi connectivity index (χ0n) is 5.53. The van der Waals surface area contributed by atoms with E-state index in [4.69, 9.17) is 5.73 Å². The van der Waals surface area contributed by atoms with Gasteiger partial charge in [0.1, 0.15) is 5.69 Å². The topological polar surface area (TPSA) is 68.9 Å². The molecular weight excluding hydrogens is 130 g/mol. The number of carbonyl (C=O) groups is 1. The molecule has 0 aliphatic heterocycles. The van der Waals surface area contributed by atoms with Crippen LogP contribution in [-0.2, 0) is 0 Å². The van der Waals surface area contributed by atoms with E-state index in [0.717, 1.165) is 5.69 Å². The molecule has 4 heteroatoms. The van der Waals surface area contributed by atoms with Crippen LogP contribution in [-0.4, -0.2) is 15.9 Å². The third-order valence-electron chi connectivity index (χ3n) is 1.03. The first-order valence-corrected chi connectivity index (χ1v) is 2.78. The number of nitrogens with two attached hydrogens (primary N) is 1. The smallest absolute Gasteiger partial charge is 0.268 e. The molecule has 1 amide bonds. The average Bonchev–Trinajstić information content (AvgIpc) is 1.88. The maximum absolute atomic E-state index is 10.4. The van der Waals surface area contributed by atoms with E-state index in [0.29, 0.717) is 0 Å². The van der Waals surface area contributed by atoms with E-state index < -0.39 is 5.91 Å². The Morgan fingerprint density at radius 3 is 2.60 bits per heavy atom. The van der Waals surface area contributed by atoms with Crippen LogP contribution in [0.5, 0.6) is 0 Å². The minimum Gasteiger partial charge on any atom is -0.364 e. The van der Waals surface area contributed by atoms with Crippen LogP contribution < -0.4 is 5.73 Å². The fourth-order valence-corrected chi connectivity index (χ4v) is 0.520. The van der Waals surface area contributed by atoms with Gasteiger partial charge in [-0.15, -0.1) is 0 Å². The van der Waals surface area contributed by atoms with Gasteiger partial charge in [-0.2, -0.15) is 0 Å². The van der Waals surface area contributed by atoms with Crippen molar-refractivity contribution in [2.24, 2.45) is 5.73 Å². The van der Waals surface area contributed by atoms with E-state index in [1.165, 1.54) is 12.4 Å². The Hall–Kier alpha value is -1.45. The molecule has 0 atom stereocenters. The van der Waals surface area contributed by atoms with Gasteiger partial charge in [-0.3, -0.25) is 9.78 Å². The van der Waals surface area contributed by atoms with Gasteiger partial charge in [0.2, 0.25) is 0 Å². The van der Waals surface area contributed by atoms with Gasteiger partial charge >= 0.3 is 0 Å². The van der Waals surface area contributed by atoms with Crippen molar-refractivity contribution in [1.82, 2.24) is 9.97 Å². The molecule has 0 aliphatic rings. The highest BCUT2D eigenvalue weighted by Gasteiger charge is 1.99. The lowest BCUT2D eigenvalue weighted by atomic mass is 10.4. The highest BCUT2D eigenvalue weighted by Crippen LogP contribution is 1.91. The number of amides is 1. The molecule has 10 heavy (non-hydrogen) atoms. The standard InChI is InChI=1S/C6H7N3O/c1-4-2-9-5(3-8-4)6(7)10/h2-3H,1H3,(H2,7,10). The van der Waals surface area contributed by atoms with Crippen LogP contribution in [0.15, 0.2) is 12.4 Å². The van der Waals surface area contributed by atoms with Crippen molar-refractivity contribution in [3.8, 4) is 0 Å². The molecule has 0 saturated carbocycles. The van der Waals surface area contributed by atoms with E-state index in [-0.39, 0.29) is 5.69 Å². The van der Waals surface area contributed by atoms with E-state index in [1.54, 1.807) is 6.92 Å². The molecule has 0 spiro atoms. The van der Waals surface area contributed by atoms with Crippen LogP contribution in [0.1, 0.15) is 16.2 Å². The predicted molar refractivity (Wildman–Crippen MR) is 35.3 cm³/mol. The van der Waals surface area contributed by atoms with Gasteiger partial charge in [-0.1, -0.05) is 0 Å². The first-order valence-electron chi connectivity index (χ1n) is 2.78. The summed E-state index contributed by atoms with van der Waals surface area (Å²) in [6, 6.07) is 0. The normalized spacial score (nSPS) is 9.30. The van der Waals surface area contributed by atoms with Crippen molar-refractivity contribution < 1.29 is 4.79 Å². The average molecular weight is 137 g/mol. The molecular formula is C6H7N3O. The molecule has 52 valence electrons. The van der Waals surface area contributed by atoms with Crippen LogP contribution in [0.25, 0.3) is 0 Å². The lowest BCUT2D eigenvalue weighted by Crippen LogP contribution is -2.13. The third-order valence-corrected chi connectivity index (χ3v) is 1.03. The van der Waals surface area contributed by atoms with Gasteiger partial charge in [0.25, 0.3) is 5.91 Å². The Morgan fingerprint density at radius 2 is 2.20 bits per heavy atom. The zero-order chi connectivity index (χ0) is 7.56. The van der Waals surface area contributed by atoms with Gasteiger partial charge in [0.15, 0.2) is 0 Å². The van der Waals surface area contributed by atoms with Crippen molar-refractivity contribution in [3.63, 3.8) is 0 Å². The first-order chi connectivity index (χ1) is 4.70. The Morgan fingerprint density at radius 1 is 1.50 bits per heavy atom. The molecule has 0 radical (unpaired) electrons. The van der Waals surface area contributed by atoms with Crippen molar-refractivity contribution in [3.05, 3.63) is 23.8 Å². The first kappa shape index (κ1) is 6.67. The summed E-state index contributed by atoms with van der Waals surface area (Å²) < 4.78 is 0. The molecule has 1 aromatic heterocycles. The van der Waals surface area contributed by atoms with Crippen molar-refractivity contribution in [1.29, 1.82) is 0 Å². The van der Waals surface area contributed by atoms with E-state index in [2.05, 4.69) is 9.97 Å². The molecule has 0 fully saturated rings. The number of nitrogens with zero attached hydrogens (tertiary/aromatic N) is 2. The zero-order valence-corrected chi connectivity index (χ0v) is 5.53. The fourth-order valence-electron chi connectivity index (χ4n) is 0.520. The van der Waals surface area contributed by atoms with E-state index in [1.807, 2.05) is 0 Å². The van der Waals surface area contributed by atoms with E-state index >= 15 is 0 Å². The SMILES string of the molecule is Cc1cnc(C(N)=O)cn1. The summed E-state index contributed by atoms with van der Waals surface area (Å²) in [4.78, 5) is 18.0. The molecule has 1 heterocycles. The van der Waals surface area contributed by atoms with Crippen molar-refractivity contribution in [2.45, 2.75) is 6.92 Å². The molecule has 1 aromatic rings. The minimum absolute atomic E-state index is 0.200. The lowest BCUT2D eigenvalue weighted by molar-refractivity contribution is 0.0995. The Bertz CT molecular complexity index is 242. The molecule has 1 rings (SSSR count). The third kappa shape index (κ3) is 1.28. The minimum atomic E-state index is -0.549. The second kappa shape index (κ2) is 2.43. The molecule has 2 N–H and O–H groups in total.